The van der Waals surface area contributed by atoms with Crippen molar-refractivity contribution in [3.8, 4) is 5.75 Å². The fourth-order valence-corrected chi connectivity index (χ4v) is 2.18. The highest BCUT2D eigenvalue weighted by Crippen LogP contribution is 2.29. The summed E-state index contributed by atoms with van der Waals surface area (Å²) >= 11 is 0. The molecule has 0 unspecified atom stereocenters. The molecule has 0 saturated carbocycles. The standard InChI is InChI=1S/C14H20FNO/c1-10(2)13-4-3-11(15)9-14(13)17-12-5-7-16-8-6-12/h3-4,9-10,12,16H,5-8H2,1-2H3. The van der Waals surface area contributed by atoms with Crippen molar-refractivity contribution in [1.29, 1.82) is 0 Å². The topological polar surface area (TPSA) is 21.3 Å². The third kappa shape index (κ3) is 3.19. The Balaban J connectivity index is 2.14. The fraction of sp³-hybridized carbons (Fsp3) is 0.571. The molecule has 1 aliphatic rings. The molecule has 1 saturated heterocycles. The average molecular weight is 237 g/mol. The van der Waals surface area contributed by atoms with Crippen LogP contribution >= 0.6 is 0 Å². The van der Waals surface area contributed by atoms with E-state index in [1.165, 1.54) is 12.1 Å². The van der Waals surface area contributed by atoms with Gasteiger partial charge in [-0.25, -0.2) is 4.39 Å². The molecular formula is C14H20FNO. The number of halogens is 1. The van der Waals surface area contributed by atoms with Gasteiger partial charge in [-0.2, -0.15) is 0 Å². The normalized spacial score (nSPS) is 17.4. The van der Waals surface area contributed by atoms with Crippen LogP contribution in [0.1, 0.15) is 38.2 Å². The van der Waals surface area contributed by atoms with Crippen molar-refractivity contribution in [3.05, 3.63) is 29.6 Å². The van der Waals surface area contributed by atoms with Crippen molar-refractivity contribution >= 4 is 0 Å². The summed E-state index contributed by atoms with van der Waals surface area (Å²) in [6.45, 7) is 6.17. The minimum Gasteiger partial charge on any atom is -0.490 e. The Labute approximate surface area is 102 Å². The number of piperidine rings is 1. The van der Waals surface area contributed by atoms with Gasteiger partial charge in [-0.1, -0.05) is 19.9 Å². The van der Waals surface area contributed by atoms with Crippen LogP contribution in [0.5, 0.6) is 5.75 Å². The summed E-state index contributed by atoms with van der Waals surface area (Å²) in [6.07, 6.45) is 2.21. The van der Waals surface area contributed by atoms with Crippen LogP contribution in [0.25, 0.3) is 0 Å². The summed E-state index contributed by atoms with van der Waals surface area (Å²) in [5.41, 5.74) is 1.09. The summed E-state index contributed by atoms with van der Waals surface area (Å²) in [5.74, 6) is 0.845. The first kappa shape index (κ1) is 12.4. The van der Waals surface area contributed by atoms with Gasteiger partial charge in [0.15, 0.2) is 0 Å². The van der Waals surface area contributed by atoms with Gasteiger partial charge in [-0.15, -0.1) is 0 Å². The molecule has 94 valence electrons. The SMILES string of the molecule is CC(C)c1ccc(F)cc1OC1CCNCC1. The molecular weight excluding hydrogens is 217 g/mol. The zero-order valence-electron chi connectivity index (χ0n) is 10.5. The van der Waals surface area contributed by atoms with Crippen molar-refractivity contribution in [3.63, 3.8) is 0 Å². The molecule has 2 nitrogen and oxygen atoms in total. The van der Waals surface area contributed by atoms with E-state index < -0.39 is 0 Å². The van der Waals surface area contributed by atoms with Crippen molar-refractivity contribution in [1.82, 2.24) is 5.32 Å². The lowest BCUT2D eigenvalue weighted by molar-refractivity contribution is 0.160. The molecule has 1 aromatic rings. The van der Waals surface area contributed by atoms with Crippen molar-refractivity contribution in [2.45, 2.75) is 38.7 Å². The van der Waals surface area contributed by atoms with Gasteiger partial charge in [-0.05, 0) is 43.5 Å². The minimum absolute atomic E-state index is 0.218. The summed E-state index contributed by atoms with van der Waals surface area (Å²) in [5, 5.41) is 3.30. The fourth-order valence-electron chi connectivity index (χ4n) is 2.18. The second-order valence-corrected chi connectivity index (χ2v) is 4.90. The van der Waals surface area contributed by atoms with E-state index in [2.05, 4.69) is 19.2 Å². The van der Waals surface area contributed by atoms with E-state index in [0.29, 0.717) is 11.7 Å². The molecule has 0 aliphatic carbocycles. The quantitative estimate of drug-likeness (QED) is 0.872. The highest BCUT2D eigenvalue weighted by atomic mass is 19.1. The van der Waals surface area contributed by atoms with E-state index in [1.54, 1.807) is 0 Å². The molecule has 0 radical (unpaired) electrons. The van der Waals surface area contributed by atoms with Crippen LogP contribution in [0.4, 0.5) is 4.39 Å². The Morgan fingerprint density at radius 3 is 2.65 bits per heavy atom. The van der Waals surface area contributed by atoms with E-state index in [0.717, 1.165) is 31.5 Å². The first-order chi connectivity index (χ1) is 8.16. The molecule has 1 heterocycles. The van der Waals surface area contributed by atoms with Crippen LogP contribution in [0.3, 0.4) is 0 Å². The lowest BCUT2D eigenvalue weighted by Gasteiger charge is -2.25. The van der Waals surface area contributed by atoms with Crippen LogP contribution in [0.2, 0.25) is 0 Å². The van der Waals surface area contributed by atoms with Gasteiger partial charge in [0.25, 0.3) is 0 Å². The maximum Gasteiger partial charge on any atom is 0.126 e. The van der Waals surface area contributed by atoms with E-state index in [-0.39, 0.29) is 11.9 Å². The highest BCUT2D eigenvalue weighted by molar-refractivity contribution is 5.36. The Morgan fingerprint density at radius 1 is 1.29 bits per heavy atom. The van der Waals surface area contributed by atoms with Gasteiger partial charge in [-0.3, -0.25) is 0 Å². The highest BCUT2D eigenvalue weighted by Gasteiger charge is 2.17. The first-order valence-corrected chi connectivity index (χ1v) is 6.33. The molecule has 0 aromatic heterocycles. The van der Waals surface area contributed by atoms with E-state index in [1.807, 2.05) is 6.07 Å². The number of hydrogen-bond acceptors (Lipinski definition) is 2. The predicted molar refractivity (Wildman–Crippen MR) is 67.0 cm³/mol. The first-order valence-electron chi connectivity index (χ1n) is 6.33. The van der Waals surface area contributed by atoms with E-state index in [4.69, 9.17) is 4.74 Å². The molecule has 0 amide bonds. The van der Waals surface area contributed by atoms with Crippen molar-refractivity contribution in [2.75, 3.05) is 13.1 Å². The number of hydrogen-bond donors (Lipinski definition) is 1. The molecule has 2 rings (SSSR count). The molecule has 1 aromatic carbocycles. The Morgan fingerprint density at radius 2 is 2.00 bits per heavy atom. The van der Waals surface area contributed by atoms with Crippen LogP contribution in [0, 0.1) is 5.82 Å². The molecule has 17 heavy (non-hydrogen) atoms. The van der Waals surface area contributed by atoms with Gasteiger partial charge in [0.2, 0.25) is 0 Å². The maximum atomic E-state index is 13.3. The molecule has 3 heteroatoms. The smallest absolute Gasteiger partial charge is 0.126 e. The molecule has 0 bridgehead atoms. The summed E-state index contributed by atoms with van der Waals surface area (Å²) < 4.78 is 19.2. The van der Waals surface area contributed by atoms with Gasteiger partial charge in [0, 0.05) is 6.07 Å². The minimum atomic E-state index is -0.224. The van der Waals surface area contributed by atoms with Gasteiger partial charge < -0.3 is 10.1 Å². The zero-order chi connectivity index (χ0) is 12.3. The van der Waals surface area contributed by atoms with Gasteiger partial charge in [0.1, 0.15) is 17.7 Å². The van der Waals surface area contributed by atoms with E-state index in [9.17, 15) is 4.39 Å². The third-order valence-electron chi connectivity index (χ3n) is 3.18. The zero-order valence-corrected chi connectivity index (χ0v) is 10.5. The molecule has 1 fully saturated rings. The largest absolute Gasteiger partial charge is 0.490 e. The Bertz CT molecular complexity index is 372. The molecule has 0 atom stereocenters. The number of ether oxygens (including phenoxy) is 1. The van der Waals surface area contributed by atoms with Crippen molar-refractivity contribution < 1.29 is 9.13 Å². The summed E-state index contributed by atoms with van der Waals surface area (Å²) in [4.78, 5) is 0. The molecule has 1 N–H and O–H groups in total. The average Bonchev–Trinajstić information content (AvgIpc) is 2.30. The summed E-state index contributed by atoms with van der Waals surface area (Å²) in [6, 6.07) is 4.85. The van der Waals surface area contributed by atoms with Crippen LogP contribution < -0.4 is 10.1 Å². The third-order valence-corrected chi connectivity index (χ3v) is 3.18. The van der Waals surface area contributed by atoms with Crippen molar-refractivity contribution in [2.24, 2.45) is 0 Å². The van der Waals surface area contributed by atoms with Gasteiger partial charge in [0.05, 0.1) is 0 Å². The molecule has 0 spiro atoms. The number of benzene rings is 1. The van der Waals surface area contributed by atoms with Gasteiger partial charge >= 0.3 is 0 Å². The second kappa shape index (κ2) is 5.50. The Kier molecular flexibility index (Phi) is 4.00. The Hall–Kier alpha value is -1.09. The second-order valence-electron chi connectivity index (χ2n) is 4.90. The lowest BCUT2D eigenvalue weighted by atomic mass is 10.0. The molecule has 1 aliphatic heterocycles. The predicted octanol–water partition coefficient (Wildman–Crippen LogP) is 3.08. The maximum absolute atomic E-state index is 13.3. The lowest BCUT2D eigenvalue weighted by Crippen LogP contribution is -2.34. The summed E-state index contributed by atoms with van der Waals surface area (Å²) in [7, 11) is 0. The van der Waals surface area contributed by atoms with Crippen LogP contribution in [-0.4, -0.2) is 19.2 Å². The van der Waals surface area contributed by atoms with E-state index >= 15 is 0 Å². The number of nitrogens with one attached hydrogen (secondary N) is 1. The monoisotopic (exact) mass is 237 g/mol. The number of rotatable bonds is 3. The van der Waals surface area contributed by atoms with Crippen LogP contribution in [0.15, 0.2) is 18.2 Å². The van der Waals surface area contributed by atoms with Crippen LogP contribution in [-0.2, 0) is 0 Å².